The Morgan fingerprint density at radius 1 is 1.09 bits per heavy atom. The van der Waals surface area contributed by atoms with Crippen LogP contribution in [0.4, 0.5) is 0 Å². The molecule has 0 aliphatic heterocycles. The summed E-state index contributed by atoms with van der Waals surface area (Å²) in [5.74, 6) is 0.330. The zero-order chi connectivity index (χ0) is 17.6. The van der Waals surface area contributed by atoms with Gasteiger partial charge < -0.3 is 15.4 Å². The number of aryl methyl sites for hydroxylation is 2. The Labute approximate surface area is 142 Å². The van der Waals surface area contributed by atoms with Crippen LogP contribution in [0.1, 0.15) is 31.9 Å². The van der Waals surface area contributed by atoms with Gasteiger partial charge in [0.1, 0.15) is 5.75 Å². The van der Waals surface area contributed by atoms with Crippen molar-refractivity contribution in [3.8, 4) is 5.75 Å². The molecular weight excluding hydrogens is 316 g/mol. The van der Waals surface area contributed by atoms with E-state index in [0.29, 0.717) is 23.9 Å². The van der Waals surface area contributed by atoms with Crippen LogP contribution in [-0.2, 0) is 9.59 Å². The van der Waals surface area contributed by atoms with Crippen LogP contribution in [0.5, 0.6) is 5.75 Å². The summed E-state index contributed by atoms with van der Waals surface area (Å²) in [6.07, 6.45) is 0. The topological polar surface area (TPSA) is 67.4 Å². The number of nitrogens with one attached hydrogen (secondary N) is 2. The van der Waals surface area contributed by atoms with Crippen LogP contribution < -0.4 is 15.4 Å². The quantitative estimate of drug-likeness (QED) is 0.782. The molecule has 0 bridgehead atoms. The molecule has 0 aliphatic carbocycles. The van der Waals surface area contributed by atoms with E-state index in [1.54, 1.807) is 12.1 Å². The third kappa shape index (κ3) is 6.48. The molecule has 1 aromatic carbocycles. The van der Waals surface area contributed by atoms with Crippen molar-refractivity contribution < 1.29 is 14.3 Å². The molecule has 5 nitrogen and oxygen atoms in total. The molecule has 0 saturated carbocycles. The third-order valence-electron chi connectivity index (χ3n) is 3.19. The zero-order valence-corrected chi connectivity index (χ0v) is 15.1. The van der Waals surface area contributed by atoms with Crippen LogP contribution in [0, 0.1) is 19.3 Å². The van der Waals surface area contributed by atoms with E-state index in [4.69, 9.17) is 16.3 Å². The molecule has 0 unspecified atom stereocenters. The zero-order valence-electron chi connectivity index (χ0n) is 14.4. The molecule has 2 amide bonds. The highest BCUT2D eigenvalue weighted by Gasteiger charge is 2.20. The Morgan fingerprint density at radius 3 is 2.13 bits per heavy atom. The second kappa shape index (κ2) is 8.20. The molecular formula is C17H25ClN2O3. The van der Waals surface area contributed by atoms with Gasteiger partial charge in [-0.2, -0.15) is 0 Å². The van der Waals surface area contributed by atoms with Crippen LogP contribution in [0.15, 0.2) is 12.1 Å². The van der Waals surface area contributed by atoms with Crippen molar-refractivity contribution in [2.24, 2.45) is 5.41 Å². The Balaban J connectivity index is 2.31. The molecule has 0 radical (unpaired) electrons. The fourth-order valence-corrected chi connectivity index (χ4v) is 1.94. The fraction of sp³-hybridized carbons (Fsp3) is 0.529. The van der Waals surface area contributed by atoms with Crippen molar-refractivity contribution >= 4 is 23.4 Å². The van der Waals surface area contributed by atoms with Crippen LogP contribution in [0.3, 0.4) is 0 Å². The highest BCUT2D eigenvalue weighted by atomic mass is 35.5. The van der Waals surface area contributed by atoms with Crippen molar-refractivity contribution in [2.45, 2.75) is 34.6 Å². The standard InChI is InChI=1S/C17H25ClN2O3/c1-11-8-13(9-12(2)15(11)18)23-10-14(21)19-6-7-20-16(22)17(3,4)5/h8-9H,6-7,10H2,1-5H3,(H,19,21)(H,20,22). The van der Waals surface area contributed by atoms with E-state index >= 15 is 0 Å². The summed E-state index contributed by atoms with van der Waals surface area (Å²) in [5.41, 5.74) is 1.39. The average Bonchev–Trinajstić information content (AvgIpc) is 2.45. The first kappa shape index (κ1) is 19.3. The second-order valence-electron chi connectivity index (χ2n) is 6.52. The van der Waals surface area contributed by atoms with Gasteiger partial charge in [-0.15, -0.1) is 0 Å². The van der Waals surface area contributed by atoms with E-state index in [9.17, 15) is 9.59 Å². The van der Waals surface area contributed by atoms with Gasteiger partial charge in [0.2, 0.25) is 5.91 Å². The molecule has 2 N–H and O–H groups in total. The molecule has 0 aliphatic rings. The summed E-state index contributed by atoms with van der Waals surface area (Å²) in [6, 6.07) is 3.60. The number of halogens is 1. The third-order valence-corrected chi connectivity index (χ3v) is 3.79. The largest absolute Gasteiger partial charge is 0.484 e. The van der Waals surface area contributed by atoms with E-state index in [1.807, 2.05) is 34.6 Å². The minimum Gasteiger partial charge on any atom is -0.484 e. The molecule has 0 aromatic heterocycles. The Morgan fingerprint density at radius 2 is 1.61 bits per heavy atom. The summed E-state index contributed by atoms with van der Waals surface area (Å²) < 4.78 is 5.46. The number of carbonyl (C=O) groups is 2. The first-order valence-corrected chi connectivity index (χ1v) is 7.93. The first-order chi connectivity index (χ1) is 10.6. The van der Waals surface area contributed by atoms with Gasteiger partial charge in [0.05, 0.1) is 0 Å². The molecule has 128 valence electrons. The Hall–Kier alpha value is -1.75. The van der Waals surface area contributed by atoms with Crippen molar-refractivity contribution in [3.63, 3.8) is 0 Å². The minimum absolute atomic E-state index is 0.0462. The maximum atomic E-state index is 11.7. The molecule has 6 heteroatoms. The summed E-state index contributed by atoms with van der Waals surface area (Å²) in [4.78, 5) is 23.4. The molecule has 0 heterocycles. The lowest BCUT2D eigenvalue weighted by molar-refractivity contribution is -0.128. The van der Waals surface area contributed by atoms with Crippen LogP contribution in [0.2, 0.25) is 5.02 Å². The number of ether oxygens (including phenoxy) is 1. The van der Waals surface area contributed by atoms with Gasteiger partial charge >= 0.3 is 0 Å². The van der Waals surface area contributed by atoms with E-state index < -0.39 is 5.41 Å². The molecule has 0 saturated heterocycles. The normalized spacial score (nSPS) is 11.0. The second-order valence-corrected chi connectivity index (χ2v) is 6.89. The summed E-state index contributed by atoms with van der Waals surface area (Å²) in [5, 5.41) is 6.16. The predicted octanol–water partition coefficient (Wildman–Crippen LogP) is 2.61. The highest BCUT2D eigenvalue weighted by molar-refractivity contribution is 6.32. The minimum atomic E-state index is -0.433. The van der Waals surface area contributed by atoms with Gasteiger partial charge in [-0.05, 0) is 37.1 Å². The smallest absolute Gasteiger partial charge is 0.258 e. The van der Waals surface area contributed by atoms with Gasteiger partial charge in [0, 0.05) is 23.5 Å². The summed E-state index contributed by atoms with van der Waals surface area (Å²) in [6.45, 7) is 9.97. The van der Waals surface area contributed by atoms with Gasteiger partial charge in [0.15, 0.2) is 6.61 Å². The molecule has 0 atom stereocenters. The van der Waals surface area contributed by atoms with Crippen molar-refractivity contribution in [2.75, 3.05) is 19.7 Å². The fourth-order valence-electron chi connectivity index (χ4n) is 1.83. The maximum absolute atomic E-state index is 11.7. The van der Waals surface area contributed by atoms with Crippen molar-refractivity contribution in [1.29, 1.82) is 0 Å². The lowest BCUT2D eigenvalue weighted by Gasteiger charge is -2.17. The highest BCUT2D eigenvalue weighted by Crippen LogP contribution is 2.25. The molecule has 1 aromatic rings. The monoisotopic (exact) mass is 340 g/mol. The number of amides is 2. The number of hydrogen-bond acceptors (Lipinski definition) is 3. The first-order valence-electron chi connectivity index (χ1n) is 7.56. The van der Waals surface area contributed by atoms with Gasteiger partial charge in [-0.3, -0.25) is 9.59 Å². The van der Waals surface area contributed by atoms with Crippen LogP contribution in [0.25, 0.3) is 0 Å². The number of carbonyl (C=O) groups excluding carboxylic acids is 2. The number of rotatable bonds is 6. The van der Waals surface area contributed by atoms with E-state index in [1.165, 1.54) is 0 Å². The maximum Gasteiger partial charge on any atom is 0.258 e. The average molecular weight is 341 g/mol. The van der Waals surface area contributed by atoms with Crippen LogP contribution in [-0.4, -0.2) is 31.5 Å². The molecule has 1 rings (SSSR count). The number of hydrogen-bond donors (Lipinski definition) is 2. The SMILES string of the molecule is Cc1cc(OCC(=O)NCCNC(=O)C(C)(C)C)cc(C)c1Cl. The molecule has 0 spiro atoms. The van der Waals surface area contributed by atoms with Gasteiger partial charge in [0.25, 0.3) is 5.91 Å². The van der Waals surface area contributed by atoms with Crippen molar-refractivity contribution in [1.82, 2.24) is 10.6 Å². The molecule has 0 fully saturated rings. The lowest BCUT2D eigenvalue weighted by Crippen LogP contribution is -2.40. The predicted molar refractivity (Wildman–Crippen MR) is 91.9 cm³/mol. The van der Waals surface area contributed by atoms with Gasteiger partial charge in [-0.25, -0.2) is 0 Å². The summed E-state index contributed by atoms with van der Waals surface area (Å²) >= 11 is 6.09. The van der Waals surface area contributed by atoms with E-state index in [2.05, 4.69) is 10.6 Å². The Bertz CT molecular complexity index is 557. The lowest BCUT2D eigenvalue weighted by atomic mass is 9.96. The van der Waals surface area contributed by atoms with E-state index in [-0.39, 0.29) is 18.4 Å². The summed E-state index contributed by atoms with van der Waals surface area (Å²) in [7, 11) is 0. The number of benzene rings is 1. The van der Waals surface area contributed by atoms with Gasteiger partial charge in [-0.1, -0.05) is 32.4 Å². The molecule has 23 heavy (non-hydrogen) atoms. The van der Waals surface area contributed by atoms with Crippen LogP contribution >= 0.6 is 11.6 Å². The van der Waals surface area contributed by atoms with Crippen molar-refractivity contribution in [3.05, 3.63) is 28.3 Å². The van der Waals surface area contributed by atoms with E-state index in [0.717, 1.165) is 11.1 Å². The Kier molecular flexibility index (Phi) is 6.88.